The zero-order valence-electron chi connectivity index (χ0n) is 11.0. The van der Waals surface area contributed by atoms with E-state index in [0.29, 0.717) is 18.8 Å². The predicted octanol–water partition coefficient (Wildman–Crippen LogP) is 0.149. The minimum Gasteiger partial charge on any atom is -0.481 e. The van der Waals surface area contributed by atoms with Crippen molar-refractivity contribution < 1.29 is 14.6 Å². The van der Waals surface area contributed by atoms with Crippen LogP contribution in [0.5, 0.6) is 0 Å². The summed E-state index contributed by atoms with van der Waals surface area (Å²) in [6.07, 6.45) is 3.40. The highest BCUT2D eigenvalue weighted by molar-refractivity contribution is 5.67. The number of hydrogen-bond donors (Lipinski definition) is 1. The van der Waals surface area contributed by atoms with Gasteiger partial charge < -0.3 is 9.84 Å². The lowest BCUT2D eigenvalue weighted by Crippen LogP contribution is -2.24. The van der Waals surface area contributed by atoms with Gasteiger partial charge in [-0.25, -0.2) is 4.68 Å². The standard InChI is InChI=1S/C12H15N5O3/c1-20-10(6-12(18)19)8-17-11(14-15-16-17)5-9-3-2-4-13-7-9/h2-4,7,10H,5-6,8H2,1H3,(H,18,19). The van der Waals surface area contributed by atoms with Gasteiger partial charge in [-0.2, -0.15) is 0 Å². The molecule has 0 saturated carbocycles. The van der Waals surface area contributed by atoms with Crippen LogP contribution in [0.2, 0.25) is 0 Å². The largest absolute Gasteiger partial charge is 0.481 e. The molecule has 8 nitrogen and oxygen atoms in total. The van der Waals surface area contributed by atoms with E-state index in [1.807, 2.05) is 12.1 Å². The molecule has 1 unspecified atom stereocenters. The highest BCUT2D eigenvalue weighted by Gasteiger charge is 2.16. The van der Waals surface area contributed by atoms with Gasteiger partial charge in [0.25, 0.3) is 0 Å². The lowest BCUT2D eigenvalue weighted by molar-refractivity contribution is -0.140. The molecular weight excluding hydrogens is 262 g/mol. The Kier molecular flexibility index (Phi) is 4.72. The zero-order valence-corrected chi connectivity index (χ0v) is 11.0. The number of hydrogen-bond acceptors (Lipinski definition) is 6. The Morgan fingerprint density at radius 1 is 1.55 bits per heavy atom. The van der Waals surface area contributed by atoms with Gasteiger partial charge in [0.15, 0.2) is 5.82 Å². The lowest BCUT2D eigenvalue weighted by Gasteiger charge is -2.13. The highest BCUT2D eigenvalue weighted by Crippen LogP contribution is 2.07. The van der Waals surface area contributed by atoms with E-state index in [1.165, 1.54) is 7.11 Å². The first-order valence-corrected chi connectivity index (χ1v) is 6.07. The summed E-state index contributed by atoms with van der Waals surface area (Å²) in [6, 6.07) is 3.77. The van der Waals surface area contributed by atoms with Crippen LogP contribution < -0.4 is 0 Å². The molecule has 0 saturated heterocycles. The number of ether oxygens (including phenoxy) is 1. The molecule has 2 heterocycles. The van der Waals surface area contributed by atoms with E-state index in [2.05, 4.69) is 20.5 Å². The van der Waals surface area contributed by atoms with Crippen molar-refractivity contribution in [1.29, 1.82) is 0 Å². The smallest absolute Gasteiger partial charge is 0.306 e. The molecule has 0 bridgehead atoms. The van der Waals surface area contributed by atoms with Crippen molar-refractivity contribution in [3.8, 4) is 0 Å². The van der Waals surface area contributed by atoms with Crippen molar-refractivity contribution in [2.24, 2.45) is 0 Å². The van der Waals surface area contributed by atoms with E-state index in [4.69, 9.17) is 9.84 Å². The normalized spacial score (nSPS) is 12.2. The van der Waals surface area contributed by atoms with Gasteiger partial charge >= 0.3 is 5.97 Å². The van der Waals surface area contributed by atoms with E-state index >= 15 is 0 Å². The van der Waals surface area contributed by atoms with Crippen LogP contribution in [0.25, 0.3) is 0 Å². The Bertz CT molecular complexity index is 557. The van der Waals surface area contributed by atoms with E-state index in [9.17, 15) is 4.79 Å². The number of aliphatic carboxylic acids is 1. The maximum atomic E-state index is 10.7. The number of rotatable bonds is 7. The van der Waals surface area contributed by atoms with Gasteiger partial charge in [0.2, 0.25) is 0 Å². The van der Waals surface area contributed by atoms with Crippen molar-refractivity contribution >= 4 is 5.97 Å². The van der Waals surface area contributed by atoms with Gasteiger partial charge in [-0.05, 0) is 22.1 Å². The molecule has 2 aromatic heterocycles. The molecule has 106 valence electrons. The third kappa shape index (κ3) is 3.82. The SMILES string of the molecule is COC(CC(=O)O)Cn1nnnc1Cc1cccnc1. The molecule has 0 aliphatic rings. The molecule has 2 rings (SSSR count). The van der Waals surface area contributed by atoms with Crippen molar-refractivity contribution in [3.05, 3.63) is 35.9 Å². The molecular formula is C12H15N5O3. The lowest BCUT2D eigenvalue weighted by atomic mass is 10.2. The fourth-order valence-electron chi connectivity index (χ4n) is 1.79. The number of tetrazole rings is 1. The minimum absolute atomic E-state index is 0.0946. The summed E-state index contributed by atoms with van der Waals surface area (Å²) in [5.41, 5.74) is 0.982. The van der Waals surface area contributed by atoms with Gasteiger partial charge in [-0.1, -0.05) is 6.07 Å². The average molecular weight is 277 g/mol. The maximum absolute atomic E-state index is 10.7. The molecule has 20 heavy (non-hydrogen) atoms. The Morgan fingerprint density at radius 3 is 3.05 bits per heavy atom. The number of nitrogens with zero attached hydrogens (tertiary/aromatic N) is 5. The summed E-state index contributed by atoms with van der Waals surface area (Å²) in [4.78, 5) is 14.8. The third-order valence-electron chi connectivity index (χ3n) is 2.80. The predicted molar refractivity (Wildman–Crippen MR) is 67.9 cm³/mol. The number of methoxy groups -OCH3 is 1. The fourth-order valence-corrected chi connectivity index (χ4v) is 1.79. The van der Waals surface area contributed by atoms with Gasteiger partial charge in [0, 0.05) is 25.9 Å². The molecule has 0 fully saturated rings. The van der Waals surface area contributed by atoms with Crippen LogP contribution in [0.1, 0.15) is 17.8 Å². The second-order valence-corrected chi connectivity index (χ2v) is 4.27. The van der Waals surface area contributed by atoms with E-state index in [1.54, 1.807) is 17.1 Å². The molecule has 1 N–H and O–H groups in total. The Labute approximate surface area is 115 Å². The van der Waals surface area contributed by atoms with Crippen molar-refractivity contribution in [2.45, 2.75) is 25.5 Å². The molecule has 0 spiro atoms. The van der Waals surface area contributed by atoms with Crippen molar-refractivity contribution in [3.63, 3.8) is 0 Å². The topological polar surface area (TPSA) is 103 Å². The van der Waals surface area contributed by atoms with Crippen LogP contribution in [0, 0.1) is 0 Å². The van der Waals surface area contributed by atoms with Crippen molar-refractivity contribution in [2.75, 3.05) is 7.11 Å². The van der Waals surface area contributed by atoms with E-state index in [0.717, 1.165) is 5.56 Å². The van der Waals surface area contributed by atoms with Gasteiger partial charge in [-0.15, -0.1) is 5.10 Å². The van der Waals surface area contributed by atoms with Crippen LogP contribution >= 0.6 is 0 Å². The molecule has 1 atom stereocenters. The average Bonchev–Trinajstić information content (AvgIpc) is 2.86. The molecule has 0 aliphatic carbocycles. The van der Waals surface area contributed by atoms with E-state index < -0.39 is 12.1 Å². The molecule has 0 amide bonds. The van der Waals surface area contributed by atoms with Gasteiger partial charge in [0.1, 0.15) is 0 Å². The first-order chi connectivity index (χ1) is 9.69. The van der Waals surface area contributed by atoms with Crippen LogP contribution in [0.15, 0.2) is 24.5 Å². The van der Waals surface area contributed by atoms with E-state index in [-0.39, 0.29) is 6.42 Å². The summed E-state index contributed by atoms with van der Waals surface area (Å²) in [5.74, 6) is -0.274. The van der Waals surface area contributed by atoms with Crippen LogP contribution in [-0.2, 0) is 22.5 Å². The highest BCUT2D eigenvalue weighted by atomic mass is 16.5. The van der Waals surface area contributed by atoms with Crippen LogP contribution in [0.4, 0.5) is 0 Å². The van der Waals surface area contributed by atoms with Crippen molar-refractivity contribution in [1.82, 2.24) is 25.2 Å². The number of pyridine rings is 1. The summed E-state index contributed by atoms with van der Waals surface area (Å²) >= 11 is 0. The monoisotopic (exact) mass is 277 g/mol. The van der Waals surface area contributed by atoms with Gasteiger partial charge in [0.05, 0.1) is 19.1 Å². The molecule has 0 aromatic carbocycles. The Balaban J connectivity index is 2.06. The number of carboxylic acids is 1. The molecule has 2 aromatic rings. The Hall–Kier alpha value is -2.35. The first kappa shape index (κ1) is 14.1. The fraction of sp³-hybridized carbons (Fsp3) is 0.417. The third-order valence-corrected chi connectivity index (χ3v) is 2.80. The number of carboxylic acid groups (broad SMARTS) is 1. The maximum Gasteiger partial charge on any atom is 0.306 e. The summed E-state index contributed by atoms with van der Waals surface area (Å²) in [6.45, 7) is 0.297. The number of aromatic nitrogens is 5. The summed E-state index contributed by atoms with van der Waals surface area (Å²) < 4.78 is 6.69. The molecule has 0 aliphatic heterocycles. The molecule has 0 radical (unpaired) electrons. The zero-order chi connectivity index (χ0) is 14.4. The number of carbonyl (C=O) groups is 1. The van der Waals surface area contributed by atoms with Crippen LogP contribution in [-0.4, -0.2) is 49.5 Å². The minimum atomic E-state index is -0.918. The second-order valence-electron chi connectivity index (χ2n) is 4.27. The quantitative estimate of drug-likeness (QED) is 0.768. The Morgan fingerprint density at radius 2 is 2.40 bits per heavy atom. The first-order valence-electron chi connectivity index (χ1n) is 6.07. The van der Waals surface area contributed by atoms with Crippen LogP contribution in [0.3, 0.4) is 0 Å². The summed E-state index contributed by atoms with van der Waals surface area (Å²) in [7, 11) is 1.47. The van der Waals surface area contributed by atoms with Gasteiger partial charge in [-0.3, -0.25) is 9.78 Å². The second kappa shape index (κ2) is 6.71. The summed E-state index contributed by atoms with van der Waals surface area (Å²) in [5, 5.41) is 20.2. The molecule has 8 heteroatoms.